The Morgan fingerprint density at radius 2 is 2.04 bits per heavy atom. The van der Waals surface area contributed by atoms with Crippen LogP contribution in [0.5, 0.6) is 0 Å². The number of rotatable bonds is 4. The number of tetrazole rings is 1. The number of hydrogen-bond donors (Lipinski definition) is 2. The summed E-state index contributed by atoms with van der Waals surface area (Å²) in [6.07, 6.45) is 7.87. The monoisotopic (exact) mass is 360 g/mol. The largest absolute Gasteiger partial charge is 0.323 e. The number of thiophene rings is 1. The molecule has 2 saturated heterocycles. The quantitative estimate of drug-likeness (QED) is 0.800. The van der Waals surface area contributed by atoms with Gasteiger partial charge in [0.15, 0.2) is 6.04 Å². The summed E-state index contributed by atoms with van der Waals surface area (Å²) in [6, 6.07) is 6.10. The summed E-state index contributed by atoms with van der Waals surface area (Å²) in [7, 11) is 0. The molecule has 3 aliphatic rings. The molecule has 4 heterocycles. The van der Waals surface area contributed by atoms with Gasteiger partial charge in [0.1, 0.15) is 25.7 Å². The van der Waals surface area contributed by atoms with Gasteiger partial charge in [-0.25, -0.2) is 4.68 Å². The van der Waals surface area contributed by atoms with Gasteiger partial charge in [-0.05, 0) is 34.7 Å². The van der Waals surface area contributed by atoms with Gasteiger partial charge in [-0.3, -0.25) is 0 Å². The third kappa shape index (κ3) is 2.92. The third-order valence-corrected chi connectivity index (χ3v) is 7.52. The molecule has 1 aliphatic carbocycles. The van der Waals surface area contributed by atoms with Gasteiger partial charge >= 0.3 is 0 Å². The fourth-order valence-corrected chi connectivity index (χ4v) is 6.21. The molecule has 1 saturated carbocycles. The second-order valence-electron chi connectivity index (χ2n) is 7.98. The average molecular weight is 361 g/mol. The standard InChI is InChI=1S/C18H26N6S/c1-2-6-14(5-1)24-18(19-20-21-24)17(16-8-4-12-25-16)23-11-10-22-9-3-7-15(22)13-23/h4,8,12,14-15,17H,1-3,5-7,9-11,13H2/p+2/t15-,17-/m1/s1. The van der Waals surface area contributed by atoms with E-state index in [1.165, 1.54) is 69.6 Å². The molecule has 134 valence electrons. The van der Waals surface area contributed by atoms with E-state index in [4.69, 9.17) is 0 Å². The molecule has 25 heavy (non-hydrogen) atoms. The Morgan fingerprint density at radius 1 is 1.12 bits per heavy atom. The smallest absolute Gasteiger partial charge is 0.215 e. The van der Waals surface area contributed by atoms with E-state index in [-0.39, 0.29) is 0 Å². The normalized spacial score (nSPS) is 31.3. The first-order valence-corrected chi connectivity index (χ1v) is 10.8. The van der Waals surface area contributed by atoms with Crippen molar-refractivity contribution in [2.75, 3.05) is 26.2 Å². The van der Waals surface area contributed by atoms with E-state index in [2.05, 4.69) is 37.7 Å². The van der Waals surface area contributed by atoms with Crippen LogP contribution >= 0.6 is 11.3 Å². The van der Waals surface area contributed by atoms with Crippen LogP contribution in [0, 0.1) is 0 Å². The molecule has 3 fully saturated rings. The van der Waals surface area contributed by atoms with E-state index in [1.54, 1.807) is 4.90 Å². The number of hydrogen-bond acceptors (Lipinski definition) is 4. The van der Waals surface area contributed by atoms with Crippen molar-refractivity contribution >= 4 is 11.3 Å². The van der Waals surface area contributed by atoms with Crippen LogP contribution in [0.4, 0.5) is 0 Å². The molecule has 4 atom stereocenters. The first-order chi connectivity index (χ1) is 12.4. The maximum Gasteiger partial charge on any atom is 0.215 e. The average Bonchev–Trinajstić information content (AvgIpc) is 3.41. The van der Waals surface area contributed by atoms with Crippen molar-refractivity contribution in [3.05, 3.63) is 28.2 Å². The Kier molecular flexibility index (Phi) is 4.31. The predicted octanol–water partition coefficient (Wildman–Crippen LogP) is -0.115. The van der Waals surface area contributed by atoms with Gasteiger partial charge in [0, 0.05) is 12.8 Å². The molecule has 0 amide bonds. The second-order valence-corrected chi connectivity index (χ2v) is 8.96. The van der Waals surface area contributed by atoms with Crippen molar-refractivity contribution in [2.24, 2.45) is 0 Å². The van der Waals surface area contributed by atoms with E-state index in [0.29, 0.717) is 12.1 Å². The molecule has 7 heteroatoms. The van der Waals surface area contributed by atoms with Crippen molar-refractivity contribution in [1.29, 1.82) is 0 Å². The van der Waals surface area contributed by atoms with Gasteiger partial charge in [-0.2, -0.15) is 0 Å². The van der Waals surface area contributed by atoms with Crippen molar-refractivity contribution in [3.8, 4) is 0 Å². The number of nitrogens with zero attached hydrogens (tertiary/aromatic N) is 4. The summed E-state index contributed by atoms with van der Waals surface area (Å²) in [6.45, 7) is 5.16. The van der Waals surface area contributed by atoms with Crippen LogP contribution in [0.2, 0.25) is 0 Å². The molecule has 0 radical (unpaired) electrons. The number of fused-ring (bicyclic) bond motifs is 1. The zero-order chi connectivity index (χ0) is 16.6. The summed E-state index contributed by atoms with van der Waals surface area (Å²) >= 11 is 1.86. The highest BCUT2D eigenvalue weighted by atomic mass is 32.1. The predicted molar refractivity (Wildman–Crippen MR) is 95.9 cm³/mol. The summed E-state index contributed by atoms with van der Waals surface area (Å²) in [4.78, 5) is 4.93. The Morgan fingerprint density at radius 3 is 2.88 bits per heavy atom. The van der Waals surface area contributed by atoms with Crippen LogP contribution in [0.25, 0.3) is 0 Å². The maximum absolute atomic E-state index is 4.56. The number of piperazine rings is 1. The minimum atomic E-state index is 0.303. The fourth-order valence-electron chi connectivity index (χ4n) is 5.33. The van der Waals surface area contributed by atoms with Crippen molar-refractivity contribution in [1.82, 2.24) is 20.2 Å². The van der Waals surface area contributed by atoms with Crippen molar-refractivity contribution in [2.45, 2.75) is 56.7 Å². The molecule has 2 aliphatic heterocycles. The van der Waals surface area contributed by atoms with E-state index in [1.807, 2.05) is 16.2 Å². The summed E-state index contributed by atoms with van der Waals surface area (Å²) < 4.78 is 2.18. The van der Waals surface area contributed by atoms with Crippen LogP contribution in [0.1, 0.15) is 61.3 Å². The van der Waals surface area contributed by atoms with E-state index >= 15 is 0 Å². The highest BCUT2D eigenvalue weighted by Gasteiger charge is 2.43. The molecule has 2 aromatic heterocycles. The van der Waals surface area contributed by atoms with Crippen LogP contribution in [-0.4, -0.2) is 52.4 Å². The van der Waals surface area contributed by atoms with Gasteiger partial charge in [0.2, 0.25) is 5.82 Å². The van der Waals surface area contributed by atoms with Gasteiger partial charge in [0.05, 0.1) is 17.5 Å². The van der Waals surface area contributed by atoms with Gasteiger partial charge in [-0.15, -0.1) is 16.4 Å². The number of nitrogens with one attached hydrogen (secondary N) is 2. The summed E-state index contributed by atoms with van der Waals surface area (Å²) in [5, 5.41) is 15.3. The molecule has 0 bridgehead atoms. The first-order valence-electron chi connectivity index (χ1n) is 9.90. The molecule has 2 aromatic rings. The van der Waals surface area contributed by atoms with Gasteiger partial charge in [0.25, 0.3) is 0 Å². The molecule has 2 N–H and O–H groups in total. The van der Waals surface area contributed by atoms with Crippen molar-refractivity contribution in [3.63, 3.8) is 0 Å². The van der Waals surface area contributed by atoms with Crippen LogP contribution in [0.15, 0.2) is 17.5 Å². The Balaban J connectivity index is 1.48. The fraction of sp³-hybridized carbons (Fsp3) is 0.722. The topological polar surface area (TPSA) is 52.5 Å². The molecular formula is C18H28N6S+2. The number of quaternary nitrogens is 2. The molecule has 2 unspecified atom stereocenters. The lowest BCUT2D eigenvalue weighted by atomic mass is 10.1. The van der Waals surface area contributed by atoms with Crippen molar-refractivity contribution < 1.29 is 9.80 Å². The Labute approximate surface area is 152 Å². The molecule has 5 rings (SSSR count). The molecule has 0 spiro atoms. The van der Waals surface area contributed by atoms with Crippen LogP contribution in [0.3, 0.4) is 0 Å². The number of aromatic nitrogens is 4. The maximum atomic E-state index is 4.56. The molecule has 6 nitrogen and oxygen atoms in total. The zero-order valence-corrected chi connectivity index (χ0v) is 15.5. The minimum absolute atomic E-state index is 0.303. The van der Waals surface area contributed by atoms with E-state index in [0.717, 1.165) is 11.9 Å². The lowest BCUT2D eigenvalue weighted by Gasteiger charge is -2.36. The summed E-state index contributed by atoms with van der Waals surface area (Å²) in [5.41, 5.74) is 0. The highest BCUT2D eigenvalue weighted by molar-refractivity contribution is 7.10. The van der Waals surface area contributed by atoms with E-state index < -0.39 is 0 Å². The lowest BCUT2D eigenvalue weighted by Crippen LogP contribution is -3.29. The molecular weight excluding hydrogens is 332 g/mol. The molecule has 0 aromatic carbocycles. The van der Waals surface area contributed by atoms with Gasteiger partial charge < -0.3 is 9.80 Å². The minimum Gasteiger partial charge on any atom is -0.323 e. The highest BCUT2D eigenvalue weighted by Crippen LogP contribution is 2.31. The lowest BCUT2D eigenvalue weighted by molar-refractivity contribution is -1.03. The summed E-state index contributed by atoms with van der Waals surface area (Å²) in [5.74, 6) is 1.10. The van der Waals surface area contributed by atoms with E-state index in [9.17, 15) is 0 Å². The SMILES string of the molecule is c1csc([C@H](c2nnnn2C2CCCC2)[NH+]2CC[NH+]3CCC[C@@H]3C2)c1. The zero-order valence-electron chi connectivity index (χ0n) is 14.7. The third-order valence-electron chi connectivity index (χ3n) is 6.59. The van der Waals surface area contributed by atoms with Crippen LogP contribution in [-0.2, 0) is 0 Å². The Hall–Kier alpha value is -1.31. The van der Waals surface area contributed by atoms with Crippen LogP contribution < -0.4 is 9.80 Å². The van der Waals surface area contributed by atoms with Gasteiger partial charge in [-0.1, -0.05) is 18.9 Å². The first kappa shape index (κ1) is 15.9. The Bertz CT molecular complexity index is 692. The second kappa shape index (κ2) is 6.78.